The maximum absolute atomic E-state index is 2.61. The van der Waals surface area contributed by atoms with Crippen molar-refractivity contribution in [3.63, 3.8) is 0 Å². The predicted molar refractivity (Wildman–Crippen MR) is 334 cm³/mol. The van der Waals surface area contributed by atoms with Crippen molar-refractivity contribution in [1.82, 2.24) is 9.13 Å². The van der Waals surface area contributed by atoms with E-state index in [1.807, 2.05) is 0 Å². The van der Waals surface area contributed by atoms with Crippen LogP contribution in [-0.4, -0.2) is 9.13 Å². The summed E-state index contributed by atoms with van der Waals surface area (Å²) in [5.74, 6) is 0. The number of nitrogens with zero attached hydrogens (tertiary/aromatic N) is 2. The molecule has 2 heteroatoms. The molecule has 0 N–H and O–H groups in total. The zero-order valence-corrected chi connectivity index (χ0v) is 45.3. The van der Waals surface area contributed by atoms with Crippen molar-refractivity contribution in [2.24, 2.45) is 0 Å². The number of aromatic nitrogens is 2. The molecular formula is C77H56N2. The monoisotopic (exact) mass is 1010 g/mol. The molecule has 0 saturated carbocycles. The van der Waals surface area contributed by atoms with E-state index in [0.717, 1.165) is 0 Å². The van der Waals surface area contributed by atoms with Gasteiger partial charge in [-0.25, -0.2) is 0 Å². The van der Waals surface area contributed by atoms with Gasteiger partial charge < -0.3 is 9.13 Å². The van der Waals surface area contributed by atoms with Crippen molar-refractivity contribution in [1.29, 1.82) is 0 Å². The molecule has 0 atom stereocenters. The zero-order chi connectivity index (χ0) is 52.8. The van der Waals surface area contributed by atoms with Crippen LogP contribution in [0.5, 0.6) is 0 Å². The summed E-state index contributed by atoms with van der Waals surface area (Å²) in [5.41, 5.74) is 28.3. The number of benzene rings is 12. The van der Waals surface area contributed by atoms with E-state index in [-0.39, 0.29) is 16.2 Å². The second-order valence-corrected chi connectivity index (χ2v) is 24.3. The highest BCUT2D eigenvalue weighted by molar-refractivity contribution is 6.20. The van der Waals surface area contributed by atoms with Crippen LogP contribution in [-0.2, 0) is 16.2 Å². The Bertz CT molecular complexity index is 4700. The lowest BCUT2D eigenvalue weighted by atomic mass is 9.78. The van der Waals surface area contributed by atoms with Gasteiger partial charge >= 0.3 is 0 Å². The first-order valence-corrected chi connectivity index (χ1v) is 28.2. The van der Waals surface area contributed by atoms with Crippen LogP contribution in [0.2, 0.25) is 0 Å². The fraction of sp³-hybridized carbons (Fsp3) is 0.117. The molecule has 14 aromatic rings. The van der Waals surface area contributed by atoms with Crippen LogP contribution < -0.4 is 0 Å². The zero-order valence-electron chi connectivity index (χ0n) is 45.3. The molecule has 2 nitrogen and oxygen atoms in total. The van der Waals surface area contributed by atoms with E-state index in [1.165, 1.54) is 166 Å². The molecule has 0 bridgehead atoms. The predicted octanol–water partition coefficient (Wildman–Crippen LogP) is 20.4. The fourth-order valence-corrected chi connectivity index (χ4v) is 15.5. The van der Waals surface area contributed by atoms with Gasteiger partial charge in [-0.3, -0.25) is 0 Å². The third kappa shape index (κ3) is 5.76. The summed E-state index contributed by atoms with van der Waals surface area (Å²) in [6, 6.07) is 87.4. The van der Waals surface area contributed by atoms with Gasteiger partial charge in [0.05, 0.1) is 22.1 Å². The average molecular weight is 1010 g/mol. The minimum atomic E-state index is -0.262. The lowest BCUT2D eigenvalue weighted by molar-refractivity contribution is 0.649. The number of para-hydroxylation sites is 6. The van der Waals surface area contributed by atoms with Crippen LogP contribution in [0.4, 0.5) is 0 Å². The van der Waals surface area contributed by atoms with Gasteiger partial charge in [-0.15, -0.1) is 0 Å². The quantitative estimate of drug-likeness (QED) is 0.166. The van der Waals surface area contributed by atoms with Crippen LogP contribution in [0, 0.1) is 0 Å². The molecule has 3 aliphatic rings. The van der Waals surface area contributed by atoms with E-state index in [1.54, 1.807) is 0 Å². The Morgan fingerprint density at radius 1 is 0.228 bits per heavy atom. The summed E-state index contributed by atoms with van der Waals surface area (Å²) >= 11 is 0. The van der Waals surface area contributed by atoms with Crippen LogP contribution in [0.25, 0.3) is 132 Å². The molecule has 0 spiro atoms. The summed E-state index contributed by atoms with van der Waals surface area (Å²) in [7, 11) is 0. The van der Waals surface area contributed by atoms with Gasteiger partial charge in [-0.1, -0.05) is 199 Å². The maximum atomic E-state index is 2.61. The van der Waals surface area contributed by atoms with E-state index >= 15 is 0 Å². The van der Waals surface area contributed by atoms with Gasteiger partial charge in [0.25, 0.3) is 0 Å². The maximum Gasteiger partial charge on any atom is 0.0619 e. The number of fused-ring (bicyclic) bond motifs is 19. The summed E-state index contributed by atoms with van der Waals surface area (Å²) in [6.07, 6.45) is 0. The first kappa shape index (κ1) is 44.8. The molecule has 0 radical (unpaired) electrons. The molecule has 0 fully saturated rings. The van der Waals surface area contributed by atoms with Crippen molar-refractivity contribution in [2.45, 2.75) is 57.8 Å². The molecule has 374 valence electrons. The lowest BCUT2D eigenvalue weighted by Crippen LogP contribution is -2.17. The Labute approximate surface area is 460 Å². The first-order chi connectivity index (χ1) is 38.5. The SMILES string of the molecule is CC1(C)c2cc3c(cc2-c2cc4c(cc21)-c1c(cc(-c2cccc5c6ccccc6n(-c6ccccc6)c25)c2ccccc12)C4(C)C)C(C)(C)c1cc(-c2cccc4c5ccccc5n(-c5ccccc5)c24)c2ccccc2c1-3. The molecule has 0 aliphatic heterocycles. The van der Waals surface area contributed by atoms with Gasteiger partial charge in [-0.2, -0.15) is 0 Å². The van der Waals surface area contributed by atoms with Gasteiger partial charge in [0.15, 0.2) is 0 Å². The molecule has 0 saturated heterocycles. The second-order valence-electron chi connectivity index (χ2n) is 24.3. The molecule has 2 aromatic heterocycles. The molecule has 0 amide bonds. The van der Waals surface area contributed by atoms with Gasteiger partial charge in [0.1, 0.15) is 0 Å². The minimum absolute atomic E-state index is 0.235. The van der Waals surface area contributed by atoms with E-state index in [9.17, 15) is 0 Å². The van der Waals surface area contributed by atoms with E-state index in [0.29, 0.717) is 0 Å². The average Bonchev–Trinajstić information content (AvgIpc) is 4.21. The summed E-state index contributed by atoms with van der Waals surface area (Å²) in [6.45, 7) is 14.8. The topological polar surface area (TPSA) is 9.86 Å². The van der Waals surface area contributed by atoms with Gasteiger partial charge in [0.2, 0.25) is 0 Å². The first-order valence-electron chi connectivity index (χ1n) is 28.2. The summed E-state index contributed by atoms with van der Waals surface area (Å²) in [4.78, 5) is 0. The highest BCUT2D eigenvalue weighted by Gasteiger charge is 2.46. The van der Waals surface area contributed by atoms with E-state index in [4.69, 9.17) is 0 Å². The van der Waals surface area contributed by atoms with Crippen molar-refractivity contribution in [3.8, 4) is 67.0 Å². The molecule has 2 heterocycles. The molecule has 79 heavy (non-hydrogen) atoms. The summed E-state index contributed by atoms with van der Waals surface area (Å²) in [5, 5.41) is 10.3. The largest absolute Gasteiger partial charge is 0.309 e. The molecule has 12 aromatic carbocycles. The Morgan fingerprint density at radius 2 is 0.532 bits per heavy atom. The van der Waals surface area contributed by atoms with Crippen molar-refractivity contribution >= 4 is 65.2 Å². The standard InChI is InChI=1S/C77H56N2/c1-75(2)63-43-61-65(76(3,4)67-39-57(47-27-13-15-31-51(47)71(61)67)55-35-21-33-53-49-29-17-19-37-69(49)78(73(53)55)45-23-9-7-10-24-45)41-59(63)60-42-66-62(44-64(60)75)72-52-32-16-14-28-48(52)58(40-68(72)77(66,5)6)56-36-22-34-54-50-30-18-20-38-70(50)79(74(54)56)46-25-11-8-12-26-46/h7-44H,1-6H3. The van der Waals surface area contributed by atoms with Crippen LogP contribution in [0.15, 0.2) is 231 Å². The van der Waals surface area contributed by atoms with Crippen molar-refractivity contribution < 1.29 is 0 Å². The normalized spacial score (nSPS) is 15.0. The van der Waals surface area contributed by atoms with E-state index in [2.05, 4.69) is 281 Å². The Balaban J connectivity index is 0.844. The van der Waals surface area contributed by atoms with E-state index < -0.39 is 0 Å². The van der Waals surface area contributed by atoms with Gasteiger partial charge in [-0.05, 0) is 172 Å². The molecule has 0 unspecified atom stereocenters. The fourth-order valence-electron chi connectivity index (χ4n) is 15.5. The number of hydrogen-bond donors (Lipinski definition) is 0. The smallest absolute Gasteiger partial charge is 0.0619 e. The van der Waals surface area contributed by atoms with Gasteiger partial charge in [0, 0.05) is 60.3 Å². The Hall–Kier alpha value is -9.24. The molecular weight excluding hydrogens is 953 g/mol. The van der Waals surface area contributed by atoms with Crippen molar-refractivity contribution in [2.75, 3.05) is 0 Å². The van der Waals surface area contributed by atoms with Crippen LogP contribution in [0.3, 0.4) is 0 Å². The summed E-state index contributed by atoms with van der Waals surface area (Å²) < 4.78 is 4.97. The Kier molecular flexibility index (Phi) is 8.79. The third-order valence-corrected chi connectivity index (χ3v) is 19.3. The third-order valence-electron chi connectivity index (χ3n) is 19.3. The number of hydrogen-bond acceptors (Lipinski definition) is 0. The second kappa shape index (κ2) is 15.5. The highest BCUT2D eigenvalue weighted by atomic mass is 15.0. The van der Waals surface area contributed by atoms with Crippen LogP contribution in [0.1, 0.15) is 74.9 Å². The minimum Gasteiger partial charge on any atom is -0.309 e. The van der Waals surface area contributed by atoms with Crippen molar-refractivity contribution in [3.05, 3.63) is 264 Å². The number of rotatable bonds is 4. The Morgan fingerprint density at radius 3 is 0.949 bits per heavy atom. The highest BCUT2D eigenvalue weighted by Crippen LogP contribution is 2.62. The molecule has 17 rings (SSSR count). The molecule has 3 aliphatic carbocycles. The van der Waals surface area contributed by atoms with Crippen LogP contribution >= 0.6 is 0 Å². The lowest BCUT2D eigenvalue weighted by Gasteiger charge is -2.25.